The number of rotatable bonds is 1. The molecule has 2 unspecified atom stereocenters. The van der Waals surface area contributed by atoms with Crippen LogP contribution in [0.1, 0.15) is 19.8 Å². The topological polar surface area (TPSA) is 45.4 Å². The molecule has 98 valence electrons. The Bertz CT molecular complexity index is 430. The number of pyridine rings is 1. The largest absolute Gasteiger partial charge is 0.399 e. The smallest absolute Gasteiger partial charge is 0.133 e. The van der Waals surface area contributed by atoms with Crippen LogP contribution in [-0.4, -0.2) is 41.6 Å². The van der Waals surface area contributed by atoms with Gasteiger partial charge in [0.25, 0.3) is 0 Å². The van der Waals surface area contributed by atoms with E-state index in [2.05, 4.69) is 21.7 Å². The van der Waals surface area contributed by atoms with Crippen LogP contribution in [0.4, 0.5) is 11.5 Å². The van der Waals surface area contributed by atoms with Gasteiger partial charge in [-0.25, -0.2) is 4.98 Å². The van der Waals surface area contributed by atoms with Crippen molar-refractivity contribution in [3.05, 3.63) is 17.3 Å². The predicted octanol–water partition coefficient (Wildman–Crippen LogP) is 1.99. The molecule has 3 rings (SSSR count). The molecule has 0 radical (unpaired) electrons. The van der Waals surface area contributed by atoms with Crippen molar-refractivity contribution in [2.75, 3.05) is 30.3 Å². The minimum atomic E-state index is 0.463. The van der Waals surface area contributed by atoms with E-state index in [1.807, 2.05) is 6.07 Å². The molecule has 0 spiro atoms. The summed E-state index contributed by atoms with van der Waals surface area (Å²) in [4.78, 5) is 9.35. The second kappa shape index (κ2) is 4.59. The summed E-state index contributed by atoms with van der Waals surface area (Å²) in [5.41, 5.74) is 6.54. The Morgan fingerprint density at radius 3 is 3.00 bits per heavy atom. The van der Waals surface area contributed by atoms with Crippen LogP contribution in [-0.2, 0) is 0 Å². The average molecular weight is 267 g/mol. The fourth-order valence-electron chi connectivity index (χ4n) is 3.16. The lowest BCUT2D eigenvalue weighted by Gasteiger charge is -2.43. The normalized spacial score (nSPS) is 28.4. The van der Waals surface area contributed by atoms with Crippen molar-refractivity contribution in [3.63, 3.8) is 0 Å². The van der Waals surface area contributed by atoms with Gasteiger partial charge in [0, 0.05) is 36.9 Å². The molecule has 18 heavy (non-hydrogen) atoms. The average Bonchev–Trinajstić information content (AvgIpc) is 2.73. The molecule has 5 heteroatoms. The number of nitrogens with two attached hydrogens (primary N) is 1. The van der Waals surface area contributed by atoms with Crippen molar-refractivity contribution in [2.24, 2.45) is 0 Å². The van der Waals surface area contributed by atoms with E-state index in [1.54, 1.807) is 6.07 Å². The van der Waals surface area contributed by atoms with Gasteiger partial charge in [0.1, 0.15) is 11.0 Å². The highest BCUT2D eigenvalue weighted by atomic mass is 35.5. The number of anilines is 2. The fraction of sp³-hybridized carbons (Fsp3) is 0.615. The Kier molecular flexibility index (Phi) is 3.08. The molecule has 0 saturated carbocycles. The van der Waals surface area contributed by atoms with E-state index in [1.165, 1.54) is 19.4 Å². The first-order valence-corrected chi connectivity index (χ1v) is 6.95. The van der Waals surface area contributed by atoms with Gasteiger partial charge in [0.2, 0.25) is 0 Å². The van der Waals surface area contributed by atoms with Crippen molar-refractivity contribution < 1.29 is 0 Å². The summed E-state index contributed by atoms with van der Waals surface area (Å²) >= 11 is 6.00. The lowest BCUT2D eigenvalue weighted by Crippen LogP contribution is -2.55. The number of piperazine rings is 1. The van der Waals surface area contributed by atoms with E-state index >= 15 is 0 Å². The van der Waals surface area contributed by atoms with E-state index < -0.39 is 0 Å². The van der Waals surface area contributed by atoms with Gasteiger partial charge in [-0.3, -0.25) is 4.90 Å². The van der Waals surface area contributed by atoms with Crippen molar-refractivity contribution in [1.82, 2.24) is 9.88 Å². The number of hydrogen-bond donors (Lipinski definition) is 1. The third-order valence-corrected chi connectivity index (χ3v) is 4.23. The molecule has 1 aromatic heterocycles. The summed E-state index contributed by atoms with van der Waals surface area (Å²) in [5, 5.41) is 0.478. The van der Waals surface area contributed by atoms with Crippen LogP contribution in [0.2, 0.25) is 5.15 Å². The van der Waals surface area contributed by atoms with Crippen LogP contribution in [0.15, 0.2) is 12.1 Å². The zero-order chi connectivity index (χ0) is 12.7. The monoisotopic (exact) mass is 266 g/mol. The van der Waals surface area contributed by atoms with E-state index in [0.29, 0.717) is 22.9 Å². The van der Waals surface area contributed by atoms with Crippen molar-refractivity contribution >= 4 is 23.1 Å². The molecule has 2 saturated heterocycles. The molecule has 4 nitrogen and oxygen atoms in total. The highest BCUT2D eigenvalue weighted by Gasteiger charge is 2.34. The Balaban J connectivity index is 1.86. The maximum atomic E-state index is 6.00. The molecule has 2 aliphatic rings. The van der Waals surface area contributed by atoms with Gasteiger partial charge >= 0.3 is 0 Å². The van der Waals surface area contributed by atoms with Crippen LogP contribution < -0.4 is 10.6 Å². The number of hydrogen-bond acceptors (Lipinski definition) is 4. The van der Waals surface area contributed by atoms with Gasteiger partial charge in [-0.1, -0.05) is 11.6 Å². The lowest BCUT2D eigenvalue weighted by atomic mass is 10.1. The molecule has 0 bridgehead atoms. The van der Waals surface area contributed by atoms with Gasteiger partial charge in [-0.05, 0) is 32.4 Å². The van der Waals surface area contributed by atoms with Crippen molar-refractivity contribution in [1.29, 1.82) is 0 Å². The minimum Gasteiger partial charge on any atom is -0.399 e. The second-order valence-electron chi connectivity index (χ2n) is 5.37. The molecule has 2 atom stereocenters. The van der Waals surface area contributed by atoms with E-state index in [0.717, 1.165) is 18.9 Å². The zero-order valence-corrected chi connectivity index (χ0v) is 11.4. The van der Waals surface area contributed by atoms with Crippen LogP contribution in [0.3, 0.4) is 0 Å². The molecular weight excluding hydrogens is 248 g/mol. The molecular formula is C13H19ClN4. The first-order valence-electron chi connectivity index (χ1n) is 6.57. The standard InChI is InChI=1S/C13H19ClN4/c1-9-7-17-4-2-3-11(17)8-18(9)13-6-10(15)5-12(14)16-13/h5-6,9,11H,2-4,7-8H2,1H3,(H2,15,16). The van der Waals surface area contributed by atoms with Gasteiger partial charge < -0.3 is 10.6 Å². The number of nitrogen functional groups attached to an aromatic ring is 1. The predicted molar refractivity (Wildman–Crippen MR) is 75.1 cm³/mol. The Labute approximate surface area is 113 Å². The van der Waals surface area contributed by atoms with Crippen LogP contribution >= 0.6 is 11.6 Å². The lowest BCUT2D eigenvalue weighted by molar-refractivity contribution is 0.202. The van der Waals surface area contributed by atoms with E-state index in [4.69, 9.17) is 17.3 Å². The number of halogens is 1. The molecule has 1 aromatic rings. The highest BCUT2D eigenvalue weighted by Crippen LogP contribution is 2.29. The van der Waals surface area contributed by atoms with Crippen molar-refractivity contribution in [2.45, 2.75) is 31.8 Å². The second-order valence-corrected chi connectivity index (χ2v) is 5.76. The number of fused-ring (bicyclic) bond motifs is 1. The first-order chi connectivity index (χ1) is 8.63. The van der Waals surface area contributed by atoms with Crippen LogP contribution in [0.25, 0.3) is 0 Å². The summed E-state index contributed by atoms with van der Waals surface area (Å²) in [6, 6.07) is 4.75. The zero-order valence-electron chi connectivity index (χ0n) is 10.6. The van der Waals surface area contributed by atoms with Gasteiger partial charge in [0.05, 0.1) is 0 Å². The molecule has 2 fully saturated rings. The maximum Gasteiger partial charge on any atom is 0.133 e. The molecule has 3 heterocycles. The summed E-state index contributed by atoms with van der Waals surface area (Å²) < 4.78 is 0. The fourth-order valence-corrected chi connectivity index (χ4v) is 3.37. The number of aromatic nitrogens is 1. The molecule has 0 aliphatic carbocycles. The first kappa shape index (κ1) is 12.1. The summed E-state index contributed by atoms with van der Waals surface area (Å²) in [5.74, 6) is 0.916. The number of nitrogens with zero attached hydrogens (tertiary/aromatic N) is 3. The Morgan fingerprint density at radius 1 is 1.39 bits per heavy atom. The molecule has 2 aliphatic heterocycles. The SMILES string of the molecule is CC1CN2CCCC2CN1c1cc(N)cc(Cl)n1. The molecule has 2 N–H and O–H groups in total. The van der Waals surface area contributed by atoms with Crippen molar-refractivity contribution in [3.8, 4) is 0 Å². The minimum absolute atomic E-state index is 0.463. The Morgan fingerprint density at radius 2 is 2.22 bits per heavy atom. The van der Waals surface area contributed by atoms with Crippen LogP contribution in [0.5, 0.6) is 0 Å². The third-order valence-electron chi connectivity index (χ3n) is 4.03. The van der Waals surface area contributed by atoms with E-state index in [9.17, 15) is 0 Å². The van der Waals surface area contributed by atoms with E-state index in [-0.39, 0.29) is 0 Å². The Hall–Kier alpha value is -1.00. The van der Waals surface area contributed by atoms with Gasteiger partial charge in [0.15, 0.2) is 0 Å². The molecule has 0 amide bonds. The summed E-state index contributed by atoms with van der Waals surface area (Å²) in [6.45, 7) is 5.63. The summed E-state index contributed by atoms with van der Waals surface area (Å²) in [7, 11) is 0. The summed E-state index contributed by atoms with van der Waals surface area (Å²) in [6.07, 6.45) is 2.61. The van der Waals surface area contributed by atoms with Crippen LogP contribution in [0, 0.1) is 0 Å². The highest BCUT2D eigenvalue weighted by molar-refractivity contribution is 6.29. The quantitative estimate of drug-likeness (QED) is 0.790. The van der Waals surface area contributed by atoms with Gasteiger partial charge in [-0.2, -0.15) is 0 Å². The molecule has 0 aromatic carbocycles. The maximum absolute atomic E-state index is 6.00. The third kappa shape index (κ3) is 2.15. The van der Waals surface area contributed by atoms with Gasteiger partial charge in [-0.15, -0.1) is 0 Å².